The van der Waals surface area contributed by atoms with Gasteiger partial charge in [-0.05, 0) is 219 Å². The molecule has 2 fully saturated rings. The van der Waals surface area contributed by atoms with Gasteiger partial charge in [0.05, 0.1) is 87.7 Å². The number of nitrogens with zero attached hydrogens (tertiary/aromatic N) is 11. The Morgan fingerprint density at radius 1 is 0.854 bits per heavy atom. The van der Waals surface area contributed by atoms with Crippen molar-refractivity contribution in [3.63, 3.8) is 0 Å². The van der Waals surface area contributed by atoms with E-state index in [1.807, 2.05) is 73.7 Å². The molecule has 2 N–H and O–H groups in total. The minimum Gasteiger partial charge on any atom is -0.497 e. The number of methoxy groups -OCH3 is 1. The van der Waals surface area contributed by atoms with Crippen LogP contribution in [-0.2, 0) is 51.3 Å². The number of thiazole rings is 1. The van der Waals surface area contributed by atoms with Crippen LogP contribution < -0.4 is 20.5 Å². The summed E-state index contributed by atoms with van der Waals surface area (Å²) in [4.78, 5) is 92.7. The summed E-state index contributed by atoms with van der Waals surface area (Å²) < 4.78 is 37.2. The number of ketones is 2. The summed E-state index contributed by atoms with van der Waals surface area (Å²) in [5.74, 6) is 0.452. The molecule has 17 rings (SSSR count). The summed E-state index contributed by atoms with van der Waals surface area (Å²) >= 11 is 13.7. The topological polar surface area (TPSA) is 283 Å². The average Bonchev–Trinajstić information content (AvgIpc) is 1.64. The van der Waals surface area contributed by atoms with E-state index >= 15 is 0 Å². The lowest BCUT2D eigenvalue weighted by molar-refractivity contribution is -0.131. The third kappa shape index (κ3) is 21.4. The molecule has 123 heavy (non-hydrogen) atoms. The Bertz CT molecular complexity index is 6060. The summed E-state index contributed by atoms with van der Waals surface area (Å²) in [6.45, 7) is 14.3. The fourth-order valence-electron chi connectivity index (χ4n) is 15.3. The van der Waals surface area contributed by atoms with Crippen LogP contribution in [0, 0.1) is 79.2 Å². The number of hydrogen-bond acceptors (Lipinski definition) is 22. The number of aromatic nitrogens is 5. The highest BCUT2D eigenvalue weighted by Crippen LogP contribution is 2.45. The van der Waals surface area contributed by atoms with Crippen LogP contribution in [0.4, 0.5) is 13.9 Å². The van der Waals surface area contributed by atoms with E-state index in [4.69, 9.17) is 37.1 Å². The summed E-state index contributed by atoms with van der Waals surface area (Å²) in [6.07, 6.45) is 12.8. The number of aliphatic imine (C=N–C) groups is 1. The van der Waals surface area contributed by atoms with Crippen LogP contribution >= 0.6 is 81.1 Å². The number of thioether (sulfide) groups is 3. The van der Waals surface area contributed by atoms with E-state index in [9.17, 15) is 42.8 Å². The van der Waals surface area contributed by atoms with E-state index in [0.29, 0.717) is 61.7 Å². The van der Waals surface area contributed by atoms with Crippen molar-refractivity contribution in [2.24, 2.45) is 21.9 Å². The smallest absolute Gasteiger partial charge is 0.273 e. The van der Waals surface area contributed by atoms with Crippen molar-refractivity contribution >= 4 is 142 Å². The van der Waals surface area contributed by atoms with Gasteiger partial charge in [0.15, 0.2) is 21.2 Å². The number of Topliss-reactive ketones (excluding diaryl/α,β-unsaturated/α-hetero) is 2. The molecule has 0 saturated carbocycles. The summed E-state index contributed by atoms with van der Waals surface area (Å²) in [5.41, 5.74) is 16.9. The maximum atomic E-state index is 13.5. The number of ether oxygens (including phenoxy) is 1. The van der Waals surface area contributed by atoms with Crippen molar-refractivity contribution in [3.05, 3.63) is 301 Å². The Labute approximate surface area is 742 Å². The van der Waals surface area contributed by atoms with Gasteiger partial charge in [-0.3, -0.25) is 43.7 Å². The fraction of sp³-hybridized carbons (Fsp3) is 0.287. The first-order chi connectivity index (χ1) is 59.4. The number of thiophene rings is 1. The van der Waals surface area contributed by atoms with Crippen LogP contribution in [0.5, 0.6) is 5.75 Å². The number of aryl methyl sites for hydroxylation is 7. The number of hydrogen-bond donors (Lipinski definition) is 2. The number of amidine groups is 1. The normalized spacial score (nSPS) is 17.7. The minimum absolute atomic E-state index is 0.0108. The first-order valence-corrected chi connectivity index (χ1v) is 45.8. The lowest BCUT2D eigenvalue weighted by Crippen LogP contribution is -2.46. The summed E-state index contributed by atoms with van der Waals surface area (Å²) in [5, 5.41) is 43.7. The molecule has 2 aliphatic carbocycles. The number of nitrogens with one attached hydrogen (secondary N) is 2. The number of piperidine rings is 1. The number of amides is 3. The Morgan fingerprint density at radius 2 is 1.59 bits per heavy atom. The zero-order chi connectivity index (χ0) is 87.1. The van der Waals surface area contributed by atoms with Gasteiger partial charge in [-0.15, -0.1) is 39.5 Å². The highest BCUT2D eigenvalue weighted by atomic mass is 35.5. The van der Waals surface area contributed by atoms with Gasteiger partial charge in [0.1, 0.15) is 32.9 Å². The predicted octanol–water partition coefficient (Wildman–Crippen LogP) is 19.9. The summed E-state index contributed by atoms with van der Waals surface area (Å²) in [6, 6.07) is 53.7. The number of allylic oxidation sites excluding steroid dienone is 2. The number of fused-ring (bicyclic) bond motifs is 6. The standard InChI is InChI=1S/C25H28N2O2S.C21H22N2O.C19H17N3O2S2.C17H11FN4OS2.C12H10ClFN2OS/c1-16(2)18-8-10-19(11-9-18)22-13-24(29)27-25(23(22)14-26)30-15-21(28)12-20-7-5-4-6-17(20)3;1-13-4-8-17(9-5-13)21-18-11-10-16-7-6-14(2)12-19(16)20(18)22-23(21)15(3)24;1-24-13-8-6-12(7-9-13)22-18(23)16-14-4-2-3-5-15(14)26-17(16)21-19(22)25-11-10-20;18-12-3-1-10(2-4-12)14-11(5-6-20-14)9-13-15(23)22(16(19)25-13)17-21-7-8-24-17;1-7-12(18-16-15-7)11(17)6-5-8-9(13)3-2-4-10(8)14/h4-11,16,22-23,25H,12-13,15H2,1-3H3,(H,27,29);4-9,12,18,21H,10-11H2,1-3H3;6-9H,2-5,11H2,1H3;1-5,7-9,19H,6H2;2-4H,5-6H2,1H3/b;;;13-9-,19-16?;. The van der Waals surface area contributed by atoms with Gasteiger partial charge in [0.25, 0.3) is 11.5 Å². The van der Waals surface area contributed by atoms with Crippen molar-refractivity contribution in [1.29, 1.82) is 15.9 Å². The van der Waals surface area contributed by atoms with Gasteiger partial charge in [-0.25, -0.2) is 28.7 Å². The number of rotatable bonds is 19. The zero-order valence-electron chi connectivity index (χ0n) is 68.8. The SMILES string of the molecule is CC(=O)N1N=C2c3cc(C)ccc3CCC2C1c1ccc(C)cc1.COc1ccc(-n2c(SCC#N)nc3sc4c(c3c2=O)CCCC4)cc1.Cc1ccccc1CC(=O)CSC1NC(=O)CC(c2ccc(C(C)C)cc2)C1C#N.Cc1nnsc1C(=O)CCc1c(F)cccc1Cl.N=C1S/C(=C\C2=CCN=C2c2ccc(F)cc2)C(=O)N1c1nccs1. The number of carbonyl (C=O) groups is 5. The minimum atomic E-state index is -0.383. The molecule has 11 aromatic rings. The largest absolute Gasteiger partial charge is 0.497 e. The van der Waals surface area contributed by atoms with Crippen molar-refractivity contribution in [2.75, 3.05) is 30.1 Å². The molecule has 7 aromatic carbocycles. The van der Waals surface area contributed by atoms with E-state index in [1.54, 1.807) is 83.8 Å². The molecule has 8 heterocycles. The number of benzene rings is 7. The van der Waals surface area contributed by atoms with Gasteiger partial charge in [0, 0.05) is 76.2 Å². The molecule has 0 bridgehead atoms. The van der Waals surface area contributed by atoms with E-state index in [-0.39, 0.29) is 105 Å². The first-order valence-electron chi connectivity index (χ1n) is 40.1. The van der Waals surface area contributed by atoms with Crippen molar-refractivity contribution in [2.45, 2.75) is 141 Å². The number of carbonyl (C=O) groups excluding carboxylic acids is 5. The number of anilines is 1. The lowest BCUT2D eigenvalue weighted by atomic mass is 9.77. The van der Waals surface area contributed by atoms with Gasteiger partial charge in [-0.2, -0.15) is 15.6 Å². The lowest BCUT2D eigenvalue weighted by Gasteiger charge is -2.34. The summed E-state index contributed by atoms with van der Waals surface area (Å²) in [7, 11) is 1.61. The highest BCUT2D eigenvalue weighted by molar-refractivity contribution is 8.19. The molecule has 5 unspecified atom stereocenters. The van der Waals surface area contributed by atoms with Crippen molar-refractivity contribution in [1.82, 2.24) is 34.4 Å². The molecule has 2 saturated heterocycles. The Hall–Kier alpha value is -11.2. The molecule has 20 nitrogen and oxygen atoms in total. The van der Waals surface area contributed by atoms with E-state index in [2.05, 4.69) is 119 Å². The molecule has 628 valence electrons. The number of nitriles is 2. The molecule has 3 amide bonds. The molecule has 0 radical (unpaired) electrons. The molecule has 29 heteroatoms. The number of hydrazone groups is 1. The maximum absolute atomic E-state index is 13.5. The highest BCUT2D eigenvalue weighted by Gasteiger charge is 2.44. The molecule has 4 aliphatic heterocycles. The van der Waals surface area contributed by atoms with E-state index in [0.717, 1.165) is 116 Å². The Morgan fingerprint density at radius 3 is 2.28 bits per heavy atom. The quantitative estimate of drug-likeness (QED) is 0.0329. The third-order valence-electron chi connectivity index (χ3n) is 21.7. The first kappa shape index (κ1) is 89.5. The molecule has 6 aliphatic rings. The Kier molecular flexibility index (Phi) is 30.1. The maximum Gasteiger partial charge on any atom is 0.273 e. The monoisotopic (exact) mass is 1780 g/mol. The van der Waals surface area contributed by atoms with Crippen molar-refractivity contribution < 1.29 is 37.5 Å². The van der Waals surface area contributed by atoms with E-state index < -0.39 is 0 Å². The molecule has 0 spiro atoms. The molecular formula is C94H88ClF2N13O7S6. The van der Waals surface area contributed by atoms with Gasteiger partial charge < -0.3 is 10.1 Å². The van der Waals surface area contributed by atoms with Gasteiger partial charge in [-0.1, -0.05) is 150 Å². The Balaban J connectivity index is 0.000000133. The zero-order valence-corrected chi connectivity index (χ0v) is 74.5. The average molecular weight is 1780 g/mol. The second kappa shape index (κ2) is 41.3. The van der Waals surface area contributed by atoms with Crippen LogP contribution in [-0.4, -0.2) is 106 Å². The van der Waals surface area contributed by atoms with Gasteiger partial charge in [0.2, 0.25) is 11.8 Å². The second-order valence-electron chi connectivity index (χ2n) is 30.3. The van der Waals surface area contributed by atoms with Crippen LogP contribution in [0.15, 0.2) is 212 Å². The van der Waals surface area contributed by atoms with Crippen LogP contribution in [0.2, 0.25) is 5.02 Å². The third-order valence-corrected chi connectivity index (χ3v) is 27.9. The number of halogens is 3. The molecular weight excluding hydrogens is 1690 g/mol. The van der Waals surface area contributed by atoms with Crippen molar-refractivity contribution in [3.8, 4) is 23.6 Å². The molecule has 5 atom stereocenters. The molecule has 4 aromatic heterocycles. The van der Waals surface area contributed by atoms with Crippen LogP contribution in [0.3, 0.4) is 0 Å². The fourth-order valence-corrected chi connectivity index (χ4v) is 20.9. The van der Waals surface area contributed by atoms with Gasteiger partial charge >= 0.3 is 0 Å². The van der Waals surface area contributed by atoms with Crippen LogP contribution in [0.1, 0.15) is 158 Å². The van der Waals surface area contributed by atoms with Crippen LogP contribution in [0.25, 0.3) is 15.9 Å². The van der Waals surface area contributed by atoms with E-state index in [1.165, 1.54) is 108 Å². The second-order valence-corrected chi connectivity index (χ2v) is 36.6. The predicted molar refractivity (Wildman–Crippen MR) is 490 cm³/mol.